The number of hydrogen-bond acceptors (Lipinski definition) is 4. The van der Waals surface area contributed by atoms with Crippen molar-refractivity contribution in [3.8, 4) is 17.0 Å². The van der Waals surface area contributed by atoms with Crippen molar-refractivity contribution in [3.05, 3.63) is 40.5 Å². The molecule has 26 heavy (non-hydrogen) atoms. The Labute approximate surface area is 157 Å². The minimum atomic E-state index is -0.870. The molecule has 0 saturated heterocycles. The van der Waals surface area contributed by atoms with Crippen LogP contribution in [-0.4, -0.2) is 27.1 Å². The molecule has 0 aliphatic heterocycles. The van der Waals surface area contributed by atoms with Gasteiger partial charge in [-0.3, -0.25) is 4.40 Å². The van der Waals surface area contributed by atoms with Gasteiger partial charge in [-0.15, -0.1) is 0 Å². The van der Waals surface area contributed by atoms with Crippen molar-refractivity contribution < 1.29 is 14.6 Å². The Morgan fingerprint density at radius 1 is 1.15 bits per heavy atom. The van der Waals surface area contributed by atoms with E-state index in [9.17, 15) is 9.90 Å². The molecule has 138 valence electrons. The molecule has 0 aliphatic carbocycles. The fraction of sp³-hybridized carbons (Fsp3) is 0.400. The molecule has 0 aliphatic rings. The molecule has 1 aromatic carbocycles. The van der Waals surface area contributed by atoms with E-state index in [4.69, 9.17) is 9.72 Å². The minimum absolute atomic E-state index is 0.402. The highest BCUT2D eigenvalue weighted by atomic mass is 32.1. The Hall–Kier alpha value is -2.34. The Morgan fingerprint density at radius 3 is 2.46 bits per heavy atom. The summed E-state index contributed by atoms with van der Waals surface area (Å²) < 4.78 is 7.70. The lowest BCUT2D eigenvalue weighted by Gasteiger charge is -2.07. The van der Waals surface area contributed by atoms with Crippen LogP contribution in [0.3, 0.4) is 0 Å². The highest BCUT2D eigenvalue weighted by Crippen LogP contribution is 2.33. The van der Waals surface area contributed by atoms with Gasteiger partial charge in [-0.1, -0.05) is 38.5 Å². The fourth-order valence-electron chi connectivity index (χ4n) is 3.14. The van der Waals surface area contributed by atoms with Crippen LogP contribution in [-0.2, 0) is 12.8 Å². The lowest BCUT2D eigenvalue weighted by Crippen LogP contribution is -2.04. The van der Waals surface area contributed by atoms with Crippen molar-refractivity contribution in [2.45, 2.75) is 46.5 Å². The Morgan fingerprint density at radius 2 is 1.88 bits per heavy atom. The lowest BCUT2D eigenvalue weighted by molar-refractivity contribution is 0.0700. The van der Waals surface area contributed by atoms with E-state index in [0.29, 0.717) is 11.5 Å². The van der Waals surface area contributed by atoms with Gasteiger partial charge in [-0.05, 0) is 43.5 Å². The van der Waals surface area contributed by atoms with Crippen LogP contribution in [0.25, 0.3) is 16.2 Å². The molecule has 0 spiro atoms. The number of hydrogen-bond donors (Lipinski definition) is 1. The van der Waals surface area contributed by atoms with Gasteiger partial charge in [-0.2, -0.15) is 0 Å². The van der Waals surface area contributed by atoms with E-state index < -0.39 is 5.97 Å². The van der Waals surface area contributed by atoms with Crippen LogP contribution < -0.4 is 4.74 Å². The average Bonchev–Trinajstić information content (AvgIpc) is 3.17. The second kappa shape index (κ2) is 7.91. The quantitative estimate of drug-likeness (QED) is 0.600. The van der Waals surface area contributed by atoms with E-state index >= 15 is 0 Å². The first-order chi connectivity index (χ1) is 12.6. The SMILES string of the molecule is CCCOc1ccc(-c2nc3sc(C(=O)O)c(CCC)n3c2CC)cc1. The molecule has 0 bridgehead atoms. The van der Waals surface area contributed by atoms with E-state index in [1.165, 1.54) is 11.3 Å². The fourth-order valence-corrected chi connectivity index (χ4v) is 4.17. The van der Waals surface area contributed by atoms with Crippen LogP contribution >= 0.6 is 11.3 Å². The van der Waals surface area contributed by atoms with Gasteiger partial charge in [0.05, 0.1) is 18.0 Å². The Kier molecular flexibility index (Phi) is 5.61. The maximum Gasteiger partial charge on any atom is 0.347 e. The first kappa shape index (κ1) is 18.5. The molecule has 2 aromatic heterocycles. The number of nitrogens with zero attached hydrogens (tertiary/aromatic N) is 2. The van der Waals surface area contributed by atoms with Crippen LogP contribution in [0, 0.1) is 0 Å². The summed E-state index contributed by atoms with van der Waals surface area (Å²) in [6, 6.07) is 7.98. The van der Waals surface area contributed by atoms with Crippen molar-refractivity contribution in [1.82, 2.24) is 9.38 Å². The van der Waals surface area contributed by atoms with Crippen molar-refractivity contribution in [3.63, 3.8) is 0 Å². The van der Waals surface area contributed by atoms with Crippen molar-refractivity contribution in [2.24, 2.45) is 0 Å². The van der Waals surface area contributed by atoms with Gasteiger partial charge in [0.15, 0.2) is 4.96 Å². The molecular weight excluding hydrogens is 348 g/mol. The van der Waals surface area contributed by atoms with Gasteiger partial charge in [0.1, 0.15) is 10.6 Å². The van der Waals surface area contributed by atoms with Crippen LogP contribution in [0.15, 0.2) is 24.3 Å². The van der Waals surface area contributed by atoms with Crippen LogP contribution in [0.2, 0.25) is 0 Å². The number of ether oxygens (including phenoxy) is 1. The summed E-state index contributed by atoms with van der Waals surface area (Å²) >= 11 is 1.26. The summed E-state index contributed by atoms with van der Waals surface area (Å²) in [5.74, 6) is -0.0144. The molecular formula is C20H24N2O3S. The number of imidazole rings is 1. The smallest absolute Gasteiger partial charge is 0.347 e. The summed E-state index contributed by atoms with van der Waals surface area (Å²) in [6.45, 7) is 6.93. The number of carboxylic acids is 1. The third-order valence-electron chi connectivity index (χ3n) is 4.28. The third-order valence-corrected chi connectivity index (χ3v) is 5.35. The number of aromatic nitrogens is 2. The molecule has 3 rings (SSSR count). The van der Waals surface area contributed by atoms with Gasteiger partial charge in [0.2, 0.25) is 0 Å². The lowest BCUT2D eigenvalue weighted by atomic mass is 10.1. The molecule has 0 radical (unpaired) electrons. The highest BCUT2D eigenvalue weighted by molar-refractivity contribution is 7.19. The average molecular weight is 372 g/mol. The first-order valence-corrected chi connectivity index (χ1v) is 9.91. The molecule has 0 unspecified atom stereocenters. The maximum atomic E-state index is 11.6. The molecule has 1 N–H and O–H groups in total. The van der Waals surface area contributed by atoms with E-state index in [0.717, 1.165) is 59.0 Å². The molecule has 0 fully saturated rings. The number of aryl methyl sites for hydroxylation is 2. The number of benzene rings is 1. The maximum absolute atomic E-state index is 11.6. The highest BCUT2D eigenvalue weighted by Gasteiger charge is 2.23. The predicted molar refractivity (Wildman–Crippen MR) is 105 cm³/mol. The van der Waals surface area contributed by atoms with Crippen molar-refractivity contribution >= 4 is 22.3 Å². The number of carbonyl (C=O) groups is 1. The van der Waals surface area contributed by atoms with E-state index in [1.807, 2.05) is 24.3 Å². The third kappa shape index (κ3) is 3.33. The van der Waals surface area contributed by atoms with Gasteiger partial charge >= 0.3 is 5.97 Å². The van der Waals surface area contributed by atoms with E-state index in [-0.39, 0.29) is 0 Å². The van der Waals surface area contributed by atoms with Gasteiger partial charge in [0.25, 0.3) is 0 Å². The first-order valence-electron chi connectivity index (χ1n) is 9.10. The van der Waals surface area contributed by atoms with Crippen LogP contribution in [0.4, 0.5) is 0 Å². The van der Waals surface area contributed by atoms with Gasteiger partial charge in [0, 0.05) is 11.3 Å². The summed E-state index contributed by atoms with van der Waals surface area (Å²) in [5.41, 5.74) is 3.88. The van der Waals surface area contributed by atoms with Crippen molar-refractivity contribution in [2.75, 3.05) is 6.61 Å². The zero-order valence-electron chi connectivity index (χ0n) is 15.4. The van der Waals surface area contributed by atoms with Gasteiger partial charge < -0.3 is 9.84 Å². The van der Waals surface area contributed by atoms with E-state index in [1.54, 1.807) is 0 Å². The predicted octanol–water partition coefficient (Wildman–Crippen LogP) is 5.06. The van der Waals surface area contributed by atoms with Crippen LogP contribution in [0.1, 0.15) is 54.7 Å². The Balaban J connectivity index is 2.08. The molecule has 6 heteroatoms. The second-order valence-electron chi connectivity index (χ2n) is 6.18. The normalized spacial score (nSPS) is 11.2. The van der Waals surface area contributed by atoms with Crippen LogP contribution in [0.5, 0.6) is 5.75 Å². The summed E-state index contributed by atoms with van der Waals surface area (Å²) in [4.78, 5) is 17.5. The molecule has 3 aromatic rings. The zero-order valence-corrected chi connectivity index (χ0v) is 16.2. The number of aromatic carboxylic acids is 1. The monoisotopic (exact) mass is 372 g/mol. The summed E-state index contributed by atoms with van der Waals surface area (Å²) in [6.07, 6.45) is 3.39. The summed E-state index contributed by atoms with van der Waals surface area (Å²) in [7, 11) is 0. The van der Waals surface area contributed by atoms with E-state index in [2.05, 4.69) is 25.2 Å². The molecule has 0 atom stereocenters. The Bertz CT molecular complexity index is 909. The number of rotatable bonds is 8. The number of carboxylic acid groups (broad SMARTS) is 1. The topological polar surface area (TPSA) is 63.8 Å². The standard InChI is InChI=1S/C20H24N2O3S/c1-4-7-16-18(19(23)24)26-20-21-17(15(6-3)22(16)20)13-8-10-14(11-9-13)25-12-5-2/h8-11H,4-7,12H2,1-3H3,(H,23,24). The second-order valence-corrected chi connectivity index (χ2v) is 7.16. The molecule has 2 heterocycles. The molecule has 0 saturated carbocycles. The molecule has 0 amide bonds. The number of thiazole rings is 1. The largest absolute Gasteiger partial charge is 0.494 e. The minimum Gasteiger partial charge on any atom is -0.494 e. The van der Waals surface area contributed by atoms with Gasteiger partial charge in [-0.25, -0.2) is 9.78 Å². The summed E-state index contributed by atoms with van der Waals surface area (Å²) in [5, 5.41) is 9.52. The number of fused-ring (bicyclic) bond motifs is 1. The van der Waals surface area contributed by atoms with Crippen molar-refractivity contribution in [1.29, 1.82) is 0 Å². The zero-order chi connectivity index (χ0) is 18.7. The molecule has 5 nitrogen and oxygen atoms in total.